The van der Waals surface area contributed by atoms with Gasteiger partial charge in [0.1, 0.15) is 23.3 Å². The molecular formula is C20H22ClFN4O3S. The van der Waals surface area contributed by atoms with E-state index >= 15 is 0 Å². The number of carbonyl (C=O) groups is 2. The van der Waals surface area contributed by atoms with Gasteiger partial charge in [-0.05, 0) is 45.2 Å². The van der Waals surface area contributed by atoms with Crippen molar-refractivity contribution in [3.8, 4) is 0 Å². The van der Waals surface area contributed by atoms with Crippen molar-refractivity contribution in [2.24, 2.45) is 0 Å². The molecule has 0 saturated carbocycles. The summed E-state index contributed by atoms with van der Waals surface area (Å²) in [6.07, 6.45) is 2.93. The lowest BCUT2D eigenvalue weighted by atomic mass is 10.0. The Morgan fingerprint density at radius 2 is 2.17 bits per heavy atom. The third-order valence-electron chi connectivity index (χ3n) is 4.27. The zero-order chi connectivity index (χ0) is 22.1. The number of fused-ring (bicyclic) bond motifs is 1. The number of amides is 2. The summed E-state index contributed by atoms with van der Waals surface area (Å²) >= 11 is 7.33. The minimum atomic E-state index is -0.890. The molecule has 10 heteroatoms. The summed E-state index contributed by atoms with van der Waals surface area (Å²) in [7, 11) is 0. The first-order valence-corrected chi connectivity index (χ1v) is 10.8. The Morgan fingerprint density at radius 3 is 2.83 bits per heavy atom. The molecule has 1 atom stereocenters. The fourth-order valence-corrected chi connectivity index (χ4v) is 3.54. The monoisotopic (exact) mass is 452 g/mol. The largest absolute Gasteiger partial charge is 0.444 e. The molecule has 0 fully saturated rings. The zero-order valence-corrected chi connectivity index (χ0v) is 18.6. The van der Waals surface area contributed by atoms with Crippen molar-refractivity contribution in [2.45, 2.75) is 50.5 Å². The van der Waals surface area contributed by atoms with E-state index in [0.29, 0.717) is 21.6 Å². The molecule has 1 aromatic heterocycles. The van der Waals surface area contributed by atoms with Gasteiger partial charge in [-0.25, -0.2) is 19.2 Å². The van der Waals surface area contributed by atoms with E-state index in [1.165, 1.54) is 34.9 Å². The number of halogens is 2. The van der Waals surface area contributed by atoms with Crippen LogP contribution in [0.15, 0.2) is 29.6 Å². The molecule has 1 aromatic carbocycles. The van der Waals surface area contributed by atoms with Crippen molar-refractivity contribution in [1.29, 1.82) is 0 Å². The molecule has 0 bridgehead atoms. The molecule has 30 heavy (non-hydrogen) atoms. The molecule has 1 aliphatic rings. The van der Waals surface area contributed by atoms with Gasteiger partial charge in [-0.15, -0.1) is 0 Å². The molecule has 1 N–H and O–H groups in total. The maximum atomic E-state index is 14.3. The Kier molecular flexibility index (Phi) is 6.52. The Morgan fingerprint density at radius 1 is 1.43 bits per heavy atom. The molecule has 0 saturated heterocycles. The number of thioether (sulfide) groups is 1. The molecule has 7 nitrogen and oxygen atoms in total. The van der Waals surface area contributed by atoms with E-state index in [1.807, 2.05) is 6.26 Å². The van der Waals surface area contributed by atoms with Crippen LogP contribution in [0.2, 0.25) is 5.02 Å². The number of carbonyl (C=O) groups excluding carboxylic acids is 2. The van der Waals surface area contributed by atoms with Gasteiger partial charge in [0.2, 0.25) is 0 Å². The number of nitrogens with one attached hydrogen (secondary N) is 1. The second-order valence-corrected chi connectivity index (χ2v) is 8.98. The number of anilines is 1. The maximum Gasteiger partial charge on any atom is 0.408 e. The van der Waals surface area contributed by atoms with E-state index in [-0.39, 0.29) is 18.5 Å². The third-order valence-corrected chi connectivity index (χ3v) is 5.07. The lowest BCUT2D eigenvalue weighted by Gasteiger charge is -2.34. The van der Waals surface area contributed by atoms with Gasteiger partial charge >= 0.3 is 6.09 Å². The Hall–Kier alpha value is -2.39. The number of alkyl carbamates (subject to hydrolysis) is 1. The molecule has 1 unspecified atom stereocenters. The highest BCUT2D eigenvalue weighted by atomic mass is 35.5. The fourth-order valence-electron chi connectivity index (χ4n) is 3.01. The first-order chi connectivity index (χ1) is 14.1. The van der Waals surface area contributed by atoms with E-state index in [4.69, 9.17) is 16.3 Å². The van der Waals surface area contributed by atoms with Crippen LogP contribution in [0, 0.1) is 5.82 Å². The van der Waals surface area contributed by atoms with Crippen LogP contribution < -0.4 is 10.2 Å². The zero-order valence-electron chi connectivity index (χ0n) is 17.0. The minimum Gasteiger partial charge on any atom is -0.444 e. The second kappa shape index (κ2) is 8.77. The van der Waals surface area contributed by atoms with E-state index < -0.39 is 29.5 Å². The predicted octanol–water partition coefficient (Wildman–Crippen LogP) is 3.97. The van der Waals surface area contributed by atoms with Crippen LogP contribution in [-0.2, 0) is 22.5 Å². The summed E-state index contributed by atoms with van der Waals surface area (Å²) in [6.45, 7) is 5.11. The summed E-state index contributed by atoms with van der Waals surface area (Å²) in [5.41, 5.74) is 0.194. The summed E-state index contributed by atoms with van der Waals surface area (Å²) in [5, 5.41) is 3.44. The predicted molar refractivity (Wildman–Crippen MR) is 113 cm³/mol. The molecular weight excluding hydrogens is 431 g/mol. The lowest BCUT2D eigenvalue weighted by Crippen LogP contribution is -2.53. The second-order valence-electron chi connectivity index (χ2n) is 7.77. The van der Waals surface area contributed by atoms with Crippen molar-refractivity contribution in [2.75, 3.05) is 11.2 Å². The van der Waals surface area contributed by atoms with E-state index in [2.05, 4.69) is 15.3 Å². The Bertz CT molecular complexity index is 983. The highest BCUT2D eigenvalue weighted by molar-refractivity contribution is 7.98. The number of rotatable bonds is 4. The van der Waals surface area contributed by atoms with Crippen molar-refractivity contribution in [3.63, 3.8) is 0 Å². The van der Waals surface area contributed by atoms with E-state index in [0.717, 1.165) is 0 Å². The van der Waals surface area contributed by atoms with Crippen molar-refractivity contribution < 1.29 is 18.7 Å². The molecule has 0 aliphatic carbocycles. The van der Waals surface area contributed by atoms with Crippen LogP contribution in [-0.4, -0.2) is 39.9 Å². The van der Waals surface area contributed by atoms with Crippen molar-refractivity contribution >= 4 is 41.2 Å². The van der Waals surface area contributed by atoms with Gasteiger partial charge in [-0.1, -0.05) is 23.4 Å². The van der Waals surface area contributed by atoms with Crippen LogP contribution in [0.1, 0.15) is 31.9 Å². The summed E-state index contributed by atoms with van der Waals surface area (Å²) in [4.78, 5) is 35.5. The van der Waals surface area contributed by atoms with Crippen LogP contribution in [0.5, 0.6) is 0 Å². The average Bonchev–Trinajstić information content (AvgIpc) is 2.66. The van der Waals surface area contributed by atoms with Crippen LogP contribution in [0.4, 0.5) is 15.0 Å². The first kappa shape index (κ1) is 22.3. The number of hydrogen-bond acceptors (Lipinski definition) is 6. The molecule has 2 aromatic rings. The topological polar surface area (TPSA) is 84.4 Å². The van der Waals surface area contributed by atoms with Crippen molar-refractivity contribution in [3.05, 3.63) is 46.4 Å². The molecule has 2 amide bonds. The standard InChI is InChI=1S/C20H22ClFN4O3S/c1-20(2,3)29-19(28)24-15-8-11-9-23-18(30-4)25-16(11)26(17(15)27)10-12-7-13(21)5-6-14(12)22/h5-7,9,15H,8,10H2,1-4H3,(H,24,28). The van der Waals surface area contributed by atoms with Crippen molar-refractivity contribution in [1.82, 2.24) is 15.3 Å². The first-order valence-electron chi connectivity index (χ1n) is 9.22. The molecule has 0 radical (unpaired) electrons. The number of ether oxygens (including phenoxy) is 1. The molecule has 2 heterocycles. The average molecular weight is 453 g/mol. The number of benzene rings is 1. The smallest absolute Gasteiger partial charge is 0.408 e. The van der Waals surface area contributed by atoms with Crippen LogP contribution in [0.25, 0.3) is 0 Å². The summed E-state index contributed by atoms with van der Waals surface area (Å²) in [6, 6.07) is 3.26. The highest BCUT2D eigenvalue weighted by Crippen LogP contribution is 2.30. The van der Waals surface area contributed by atoms with Crippen LogP contribution >= 0.6 is 23.4 Å². The SMILES string of the molecule is CSc1ncc2c(n1)N(Cc1cc(Cl)ccc1F)C(=O)C(NC(=O)OC(C)(C)C)C2. The summed E-state index contributed by atoms with van der Waals surface area (Å²) in [5.74, 6) is -0.519. The van der Waals surface area contributed by atoms with Crippen LogP contribution in [0.3, 0.4) is 0 Å². The highest BCUT2D eigenvalue weighted by Gasteiger charge is 2.36. The van der Waals surface area contributed by atoms with E-state index in [1.54, 1.807) is 27.0 Å². The normalized spacial score (nSPS) is 16.3. The molecule has 160 valence electrons. The molecule has 3 rings (SSSR count). The fraction of sp³-hybridized carbons (Fsp3) is 0.400. The van der Waals surface area contributed by atoms with Gasteiger partial charge in [-0.2, -0.15) is 0 Å². The van der Waals surface area contributed by atoms with Gasteiger partial charge in [-0.3, -0.25) is 9.69 Å². The third kappa shape index (κ3) is 5.20. The quantitative estimate of drug-likeness (QED) is 0.558. The minimum absolute atomic E-state index is 0.0877. The number of hydrogen-bond donors (Lipinski definition) is 1. The van der Waals surface area contributed by atoms with Gasteiger partial charge < -0.3 is 10.1 Å². The van der Waals surface area contributed by atoms with Gasteiger partial charge in [0.25, 0.3) is 5.91 Å². The molecule has 1 aliphatic heterocycles. The summed E-state index contributed by atoms with van der Waals surface area (Å²) < 4.78 is 19.6. The Labute approximate surface area is 183 Å². The number of nitrogens with zero attached hydrogens (tertiary/aromatic N) is 3. The maximum absolute atomic E-state index is 14.3. The number of aromatic nitrogens is 2. The van der Waals surface area contributed by atoms with E-state index in [9.17, 15) is 14.0 Å². The molecule has 0 spiro atoms. The van der Waals surface area contributed by atoms with Gasteiger partial charge in [0, 0.05) is 28.8 Å². The Balaban J connectivity index is 1.95. The lowest BCUT2D eigenvalue weighted by molar-refractivity contribution is -0.121. The van der Waals surface area contributed by atoms with Gasteiger partial charge in [0.05, 0.1) is 6.54 Å². The van der Waals surface area contributed by atoms with Gasteiger partial charge in [0.15, 0.2) is 5.16 Å².